The predicted octanol–water partition coefficient (Wildman–Crippen LogP) is 1.90. The molecule has 1 rings (SSSR count). The van der Waals surface area contributed by atoms with Crippen molar-refractivity contribution >= 4 is 0 Å². The third-order valence-corrected chi connectivity index (χ3v) is 1.19. The largest absolute Gasteiger partial charge is 0.371 e. The molecule has 1 heterocycles. The van der Waals surface area contributed by atoms with Gasteiger partial charge in [-0.25, -0.2) is 0 Å². The van der Waals surface area contributed by atoms with E-state index >= 15 is 0 Å². The average Bonchev–Trinajstić information content (AvgIpc) is 1.55. The first-order chi connectivity index (χ1) is 3.79. The molecule has 1 aliphatic rings. The second-order valence-corrected chi connectivity index (χ2v) is 2.27. The maximum atomic E-state index is 5.10. The summed E-state index contributed by atoms with van der Waals surface area (Å²) in [6, 6.07) is 0. The van der Waals surface area contributed by atoms with E-state index in [-0.39, 0.29) is 0 Å². The highest BCUT2D eigenvalue weighted by molar-refractivity contribution is 5.01. The zero-order chi connectivity index (χ0) is 5.98. The molecular formula is C7H11O. The van der Waals surface area contributed by atoms with Gasteiger partial charge in [-0.2, -0.15) is 0 Å². The Morgan fingerprint density at radius 3 is 2.62 bits per heavy atom. The smallest absolute Gasteiger partial charge is 0.103 e. The van der Waals surface area contributed by atoms with Crippen LogP contribution in [0.4, 0.5) is 0 Å². The Morgan fingerprint density at radius 2 is 2.50 bits per heavy atom. The van der Waals surface area contributed by atoms with Crippen molar-refractivity contribution in [1.82, 2.24) is 0 Å². The summed E-state index contributed by atoms with van der Waals surface area (Å²) in [4.78, 5) is 0. The van der Waals surface area contributed by atoms with Gasteiger partial charge in [0.05, 0.1) is 6.61 Å². The molecule has 0 saturated carbocycles. The quantitative estimate of drug-likeness (QED) is 0.494. The number of hydrogen-bond acceptors (Lipinski definition) is 1. The molecule has 1 saturated heterocycles. The van der Waals surface area contributed by atoms with Crippen molar-refractivity contribution in [3.05, 3.63) is 18.3 Å². The Labute approximate surface area is 50.3 Å². The fraction of sp³-hybridized carbons (Fsp3) is 0.571. The molecule has 0 spiro atoms. The summed E-state index contributed by atoms with van der Waals surface area (Å²) in [6.45, 7) is 6.72. The lowest BCUT2D eigenvalue weighted by molar-refractivity contribution is 0.0399. The van der Waals surface area contributed by atoms with Gasteiger partial charge < -0.3 is 4.74 Å². The second kappa shape index (κ2) is 2.31. The van der Waals surface area contributed by atoms with Gasteiger partial charge in [0.1, 0.15) is 6.10 Å². The highest BCUT2D eigenvalue weighted by atomic mass is 16.5. The van der Waals surface area contributed by atoms with Crippen molar-refractivity contribution in [2.24, 2.45) is 0 Å². The van der Waals surface area contributed by atoms with E-state index in [1.165, 1.54) is 11.7 Å². The minimum absolute atomic E-state index is 0.919. The highest BCUT2D eigenvalue weighted by Crippen LogP contribution is 2.25. The van der Waals surface area contributed by atoms with Crippen LogP contribution in [0.15, 0.2) is 12.2 Å². The third kappa shape index (κ3) is 1.34. The molecule has 0 N–H and O–H groups in total. The second-order valence-electron chi connectivity index (χ2n) is 2.27. The van der Waals surface area contributed by atoms with Gasteiger partial charge in [-0.1, -0.05) is 5.57 Å². The van der Waals surface area contributed by atoms with Gasteiger partial charge in [0.2, 0.25) is 0 Å². The lowest BCUT2D eigenvalue weighted by atomic mass is 10.1. The number of ether oxygens (including phenoxy) is 1. The highest BCUT2D eigenvalue weighted by Gasteiger charge is 2.18. The van der Waals surface area contributed by atoms with E-state index in [9.17, 15) is 0 Å². The molecular weight excluding hydrogens is 100 g/mol. The van der Waals surface area contributed by atoms with Gasteiger partial charge in [-0.15, -0.1) is 6.58 Å². The Balaban J connectivity index is 2.09. The molecule has 0 aliphatic carbocycles. The summed E-state index contributed by atoms with van der Waals surface area (Å²) in [5, 5.41) is 0. The lowest BCUT2D eigenvalue weighted by Gasteiger charge is -2.24. The minimum Gasteiger partial charge on any atom is -0.371 e. The minimum atomic E-state index is 0.919. The zero-order valence-corrected chi connectivity index (χ0v) is 5.24. The van der Waals surface area contributed by atoms with E-state index < -0.39 is 0 Å². The van der Waals surface area contributed by atoms with E-state index in [1.807, 2.05) is 6.92 Å². The van der Waals surface area contributed by atoms with Crippen LogP contribution in [0.3, 0.4) is 0 Å². The van der Waals surface area contributed by atoms with Crippen LogP contribution in [0.2, 0.25) is 0 Å². The summed E-state index contributed by atoms with van der Waals surface area (Å²) in [7, 11) is 0. The van der Waals surface area contributed by atoms with Crippen molar-refractivity contribution in [3.63, 3.8) is 0 Å². The first-order valence-corrected chi connectivity index (χ1v) is 2.91. The fourth-order valence-corrected chi connectivity index (χ4v) is 0.722. The van der Waals surface area contributed by atoms with E-state index in [0.29, 0.717) is 0 Å². The molecule has 1 nitrogen and oxygen atoms in total. The third-order valence-electron chi connectivity index (χ3n) is 1.19. The molecule has 0 bridgehead atoms. The Morgan fingerprint density at radius 1 is 1.88 bits per heavy atom. The Bertz CT molecular complexity index is 92.6. The van der Waals surface area contributed by atoms with Gasteiger partial charge in [0.25, 0.3) is 0 Å². The maximum absolute atomic E-state index is 5.10. The monoisotopic (exact) mass is 111 g/mol. The summed E-state index contributed by atoms with van der Waals surface area (Å²) < 4.78 is 5.10. The molecule has 0 unspecified atom stereocenters. The van der Waals surface area contributed by atoms with Gasteiger partial charge in [0, 0.05) is 6.42 Å². The number of hydrogen-bond donors (Lipinski definition) is 0. The van der Waals surface area contributed by atoms with E-state index in [4.69, 9.17) is 4.74 Å². The SMILES string of the molecule is C=C(C)C[C]1CCO1. The normalized spacial score (nSPS) is 20.1. The number of rotatable bonds is 2. The van der Waals surface area contributed by atoms with Crippen molar-refractivity contribution in [2.45, 2.75) is 19.8 Å². The van der Waals surface area contributed by atoms with Crippen LogP contribution in [0.5, 0.6) is 0 Å². The van der Waals surface area contributed by atoms with Gasteiger partial charge in [0.15, 0.2) is 0 Å². The first kappa shape index (κ1) is 5.83. The van der Waals surface area contributed by atoms with Crippen molar-refractivity contribution in [1.29, 1.82) is 0 Å². The standard InChI is InChI=1S/C7H11O/c1-6(2)5-7-3-4-8-7/h1,3-5H2,2H3. The Kier molecular flexibility index (Phi) is 1.69. The van der Waals surface area contributed by atoms with E-state index in [0.717, 1.165) is 19.4 Å². The molecule has 1 radical (unpaired) electrons. The van der Waals surface area contributed by atoms with Crippen LogP contribution in [0.25, 0.3) is 0 Å². The first-order valence-electron chi connectivity index (χ1n) is 2.91. The zero-order valence-electron chi connectivity index (χ0n) is 5.24. The van der Waals surface area contributed by atoms with Crippen LogP contribution in [-0.4, -0.2) is 6.61 Å². The average molecular weight is 111 g/mol. The molecule has 1 heteroatoms. The lowest BCUT2D eigenvalue weighted by Crippen LogP contribution is -2.17. The molecule has 1 fully saturated rings. The molecule has 0 atom stereocenters. The van der Waals surface area contributed by atoms with Crippen LogP contribution >= 0.6 is 0 Å². The van der Waals surface area contributed by atoms with Crippen molar-refractivity contribution in [2.75, 3.05) is 6.61 Å². The van der Waals surface area contributed by atoms with Gasteiger partial charge in [-0.05, 0) is 13.3 Å². The van der Waals surface area contributed by atoms with Crippen LogP contribution < -0.4 is 0 Å². The van der Waals surface area contributed by atoms with Crippen LogP contribution in [-0.2, 0) is 4.74 Å². The molecule has 1 aliphatic heterocycles. The predicted molar refractivity (Wildman–Crippen MR) is 33.2 cm³/mol. The topological polar surface area (TPSA) is 9.23 Å². The summed E-state index contributed by atoms with van der Waals surface area (Å²) >= 11 is 0. The summed E-state index contributed by atoms with van der Waals surface area (Å²) in [6.07, 6.45) is 3.32. The van der Waals surface area contributed by atoms with Crippen molar-refractivity contribution in [3.8, 4) is 0 Å². The molecule has 0 aromatic heterocycles. The molecule has 0 amide bonds. The maximum Gasteiger partial charge on any atom is 0.103 e. The van der Waals surface area contributed by atoms with Crippen molar-refractivity contribution < 1.29 is 4.74 Å². The Hall–Kier alpha value is -0.300. The van der Waals surface area contributed by atoms with Crippen LogP contribution in [0, 0.1) is 6.10 Å². The van der Waals surface area contributed by atoms with Crippen LogP contribution in [0.1, 0.15) is 19.8 Å². The van der Waals surface area contributed by atoms with Gasteiger partial charge in [-0.3, -0.25) is 0 Å². The molecule has 0 aromatic carbocycles. The molecule has 45 valence electrons. The van der Waals surface area contributed by atoms with E-state index in [1.54, 1.807) is 0 Å². The molecule has 0 aromatic rings. The fourth-order valence-electron chi connectivity index (χ4n) is 0.722. The van der Waals surface area contributed by atoms with E-state index in [2.05, 4.69) is 6.58 Å². The molecule has 8 heavy (non-hydrogen) atoms. The summed E-state index contributed by atoms with van der Waals surface area (Å²) in [5.74, 6) is 0. The van der Waals surface area contributed by atoms with Gasteiger partial charge >= 0.3 is 0 Å². The summed E-state index contributed by atoms with van der Waals surface area (Å²) in [5.41, 5.74) is 1.19.